The van der Waals surface area contributed by atoms with E-state index in [9.17, 15) is 4.79 Å². The normalized spacial score (nSPS) is 12.1. The molecule has 0 aliphatic heterocycles. The molecular formula is C13H17NO2. The number of hydrogen-bond acceptors (Lipinski definition) is 1. The zero-order valence-corrected chi connectivity index (χ0v) is 8.53. The van der Waals surface area contributed by atoms with Crippen LogP contribution in [0.15, 0.2) is 30.5 Å². The maximum absolute atomic E-state index is 10.8. The predicted molar refractivity (Wildman–Crippen MR) is 65.5 cm³/mol. The van der Waals surface area contributed by atoms with Gasteiger partial charge in [0.15, 0.2) is 0 Å². The molecule has 16 heavy (non-hydrogen) atoms. The number of para-hydroxylation sites is 1. The van der Waals surface area contributed by atoms with Gasteiger partial charge in [-0.05, 0) is 18.1 Å². The van der Waals surface area contributed by atoms with Crippen molar-refractivity contribution in [3.63, 3.8) is 0 Å². The molecule has 1 atom stereocenters. The molecule has 1 heterocycles. The third-order valence-electron chi connectivity index (χ3n) is 2.62. The minimum absolute atomic E-state index is 0. The van der Waals surface area contributed by atoms with Gasteiger partial charge >= 0.3 is 5.97 Å². The van der Waals surface area contributed by atoms with Crippen LogP contribution in [0, 0.1) is 5.92 Å². The van der Waals surface area contributed by atoms with Crippen molar-refractivity contribution in [1.29, 1.82) is 0 Å². The maximum Gasteiger partial charge on any atom is 0.306 e. The smallest absolute Gasteiger partial charge is 0.306 e. The molecule has 0 amide bonds. The van der Waals surface area contributed by atoms with E-state index in [4.69, 9.17) is 5.11 Å². The largest absolute Gasteiger partial charge is 0.481 e. The number of aromatic nitrogens is 1. The van der Waals surface area contributed by atoms with E-state index in [1.54, 1.807) is 6.92 Å². The number of carboxylic acid groups (broad SMARTS) is 1. The highest BCUT2D eigenvalue weighted by Crippen LogP contribution is 2.20. The highest BCUT2D eigenvalue weighted by Gasteiger charge is 2.13. The van der Waals surface area contributed by atoms with Crippen molar-refractivity contribution in [2.75, 3.05) is 0 Å². The van der Waals surface area contributed by atoms with Crippen LogP contribution in [0.5, 0.6) is 0 Å². The molecule has 0 saturated heterocycles. The van der Waals surface area contributed by atoms with E-state index >= 15 is 0 Å². The molecule has 86 valence electrons. The van der Waals surface area contributed by atoms with Gasteiger partial charge in [0.2, 0.25) is 0 Å². The molecule has 2 rings (SSSR count). The Morgan fingerprint density at radius 2 is 2.12 bits per heavy atom. The van der Waals surface area contributed by atoms with Gasteiger partial charge in [-0.1, -0.05) is 32.5 Å². The second-order valence-corrected chi connectivity index (χ2v) is 3.80. The molecule has 0 bridgehead atoms. The minimum Gasteiger partial charge on any atom is -0.481 e. The number of nitrogens with one attached hydrogen (secondary N) is 1. The second kappa shape index (κ2) is 4.84. The molecule has 2 aromatic rings. The Morgan fingerprint density at radius 3 is 2.81 bits per heavy atom. The summed E-state index contributed by atoms with van der Waals surface area (Å²) in [7, 11) is 0. The molecule has 2 N–H and O–H groups in total. The van der Waals surface area contributed by atoms with Crippen LogP contribution in [0.1, 0.15) is 19.9 Å². The van der Waals surface area contributed by atoms with Gasteiger partial charge in [-0.3, -0.25) is 4.79 Å². The number of H-pyrrole nitrogens is 1. The van der Waals surface area contributed by atoms with Gasteiger partial charge in [0.05, 0.1) is 5.92 Å². The molecule has 0 radical (unpaired) electrons. The second-order valence-electron chi connectivity index (χ2n) is 3.80. The first-order valence-electron chi connectivity index (χ1n) is 4.96. The van der Waals surface area contributed by atoms with Crippen LogP contribution in [-0.2, 0) is 11.2 Å². The highest BCUT2D eigenvalue weighted by molar-refractivity contribution is 5.83. The fourth-order valence-electron chi connectivity index (χ4n) is 1.72. The van der Waals surface area contributed by atoms with Crippen molar-refractivity contribution >= 4 is 16.9 Å². The average Bonchev–Trinajstić information content (AvgIpc) is 2.62. The first kappa shape index (κ1) is 12.3. The molecule has 1 aromatic carbocycles. The first-order chi connectivity index (χ1) is 7.18. The monoisotopic (exact) mass is 219 g/mol. The van der Waals surface area contributed by atoms with Crippen LogP contribution < -0.4 is 0 Å². The number of fused-ring (bicyclic) bond motifs is 1. The highest BCUT2D eigenvalue weighted by atomic mass is 16.4. The van der Waals surface area contributed by atoms with Crippen LogP contribution >= 0.6 is 0 Å². The summed E-state index contributed by atoms with van der Waals surface area (Å²) < 4.78 is 0. The van der Waals surface area contributed by atoms with Gasteiger partial charge in [-0.25, -0.2) is 0 Å². The van der Waals surface area contributed by atoms with Gasteiger partial charge in [0.25, 0.3) is 0 Å². The standard InChI is InChI=1S/C12H13NO2.CH4/c1-8(12(14)15)6-9-7-13-11-5-3-2-4-10(9)11;/h2-5,7-8,13H,6H2,1H3,(H,14,15);1H4. The lowest BCUT2D eigenvalue weighted by atomic mass is 10.0. The zero-order chi connectivity index (χ0) is 10.8. The van der Waals surface area contributed by atoms with E-state index in [2.05, 4.69) is 4.98 Å². The number of aliphatic carboxylic acids is 1. The number of rotatable bonds is 3. The lowest BCUT2D eigenvalue weighted by Gasteiger charge is -2.04. The molecule has 0 aliphatic carbocycles. The fraction of sp³-hybridized carbons (Fsp3) is 0.308. The van der Waals surface area contributed by atoms with Crippen LogP contribution in [0.2, 0.25) is 0 Å². The van der Waals surface area contributed by atoms with Crippen LogP contribution in [0.25, 0.3) is 10.9 Å². The average molecular weight is 219 g/mol. The van der Waals surface area contributed by atoms with Crippen LogP contribution in [0.4, 0.5) is 0 Å². The Balaban J connectivity index is 0.00000128. The number of aromatic amines is 1. The molecule has 0 aliphatic rings. The van der Waals surface area contributed by atoms with Crippen molar-refractivity contribution in [3.05, 3.63) is 36.0 Å². The summed E-state index contributed by atoms with van der Waals surface area (Å²) in [5.74, 6) is -1.09. The van der Waals surface area contributed by atoms with Crippen molar-refractivity contribution in [2.24, 2.45) is 5.92 Å². The van der Waals surface area contributed by atoms with E-state index in [1.807, 2.05) is 30.5 Å². The Labute approximate surface area is 95.1 Å². The molecule has 1 unspecified atom stereocenters. The molecule has 0 spiro atoms. The van der Waals surface area contributed by atoms with E-state index in [0.29, 0.717) is 6.42 Å². The number of carboxylic acids is 1. The van der Waals surface area contributed by atoms with Gasteiger partial charge in [-0.15, -0.1) is 0 Å². The van der Waals surface area contributed by atoms with Gasteiger partial charge < -0.3 is 10.1 Å². The van der Waals surface area contributed by atoms with E-state index in [0.717, 1.165) is 16.5 Å². The first-order valence-corrected chi connectivity index (χ1v) is 4.96. The quantitative estimate of drug-likeness (QED) is 0.833. The summed E-state index contributed by atoms with van der Waals surface area (Å²) in [6, 6.07) is 7.92. The lowest BCUT2D eigenvalue weighted by Crippen LogP contribution is -2.11. The Bertz CT molecular complexity index is 487. The summed E-state index contributed by atoms with van der Waals surface area (Å²) in [6.07, 6.45) is 2.46. The van der Waals surface area contributed by atoms with E-state index in [1.165, 1.54) is 0 Å². The third-order valence-corrected chi connectivity index (χ3v) is 2.62. The van der Waals surface area contributed by atoms with E-state index < -0.39 is 5.97 Å². The van der Waals surface area contributed by atoms with Crippen molar-refractivity contribution in [3.8, 4) is 0 Å². The summed E-state index contributed by atoms with van der Waals surface area (Å²) in [4.78, 5) is 13.9. The number of hydrogen-bond donors (Lipinski definition) is 2. The van der Waals surface area contributed by atoms with Crippen molar-refractivity contribution in [1.82, 2.24) is 4.98 Å². The third kappa shape index (κ3) is 2.24. The summed E-state index contributed by atoms with van der Waals surface area (Å²) in [6.45, 7) is 1.73. The molecular weight excluding hydrogens is 202 g/mol. The lowest BCUT2D eigenvalue weighted by molar-refractivity contribution is -0.141. The van der Waals surface area contributed by atoms with Crippen LogP contribution in [0.3, 0.4) is 0 Å². The Hall–Kier alpha value is -1.77. The Kier molecular flexibility index (Phi) is 3.72. The van der Waals surface area contributed by atoms with E-state index in [-0.39, 0.29) is 13.3 Å². The molecule has 0 fully saturated rings. The number of benzene rings is 1. The fourth-order valence-corrected chi connectivity index (χ4v) is 1.72. The molecule has 0 saturated carbocycles. The Morgan fingerprint density at radius 1 is 1.44 bits per heavy atom. The summed E-state index contributed by atoms with van der Waals surface area (Å²) >= 11 is 0. The maximum atomic E-state index is 10.8. The topological polar surface area (TPSA) is 53.1 Å². The molecule has 3 nitrogen and oxygen atoms in total. The van der Waals surface area contributed by atoms with Crippen molar-refractivity contribution < 1.29 is 9.90 Å². The minimum atomic E-state index is -0.750. The van der Waals surface area contributed by atoms with Gasteiger partial charge in [-0.2, -0.15) is 0 Å². The van der Waals surface area contributed by atoms with Crippen LogP contribution in [-0.4, -0.2) is 16.1 Å². The predicted octanol–water partition coefficient (Wildman–Crippen LogP) is 3.07. The van der Waals surface area contributed by atoms with Gasteiger partial charge in [0.1, 0.15) is 0 Å². The number of carbonyl (C=O) groups is 1. The van der Waals surface area contributed by atoms with Crippen molar-refractivity contribution in [2.45, 2.75) is 20.8 Å². The summed E-state index contributed by atoms with van der Waals surface area (Å²) in [5, 5.41) is 9.96. The molecule has 3 heteroatoms. The SMILES string of the molecule is C.CC(Cc1c[nH]c2ccccc12)C(=O)O. The zero-order valence-electron chi connectivity index (χ0n) is 8.53. The molecule has 1 aromatic heterocycles. The summed E-state index contributed by atoms with van der Waals surface area (Å²) in [5.41, 5.74) is 2.13. The van der Waals surface area contributed by atoms with Gasteiger partial charge in [0, 0.05) is 17.1 Å².